The van der Waals surface area contributed by atoms with Gasteiger partial charge in [0.2, 0.25) is 0 Å². The molecule has 1 aromatic rings. The second-order valence-corrected chi connectivity index (χ2v) is 3.79. The Balaban J connectivity index is 3.19. The maximum Gasteiger partial charge on any atom is 0.324 e. The van der Waals surface area contributed by atoms with Gasteiger partial charge >= 0.3 is 3.93 Å². The average Bonchev–Trinajstić information content (AvgIpc) is 1.83. The number of nitrogens with zero attached hydrogens (tertiary/aromatic N) is 1. The molecule has 12 heavy (non-hydrogen) atoms. The van der Waals surface area contributed by atoms with E-state index in [1.807, 2.05) is 0 Å². The van der Waals surface area contributed by atoms with Gasteiger partial charge in [0.25, 0.3) is 0 Å². The van der Waals surface area contributed by atoms with E-state index in [1.54, 1.807) is 0 Å². The van der Waals surface area contributed by atoms with Crippen molar-refractivity contribution in [2.75, 3.05) is 5.73 Å². The lowest BCUT2D eigenvalue weighted by Crippen LogP contribution is -2.05. The molecule has 0 unspecified atom stereocenters. The van der Waals surface area contributed by atoms with Crippen molar-refractivity contribution in [2.24, 2.45) is 0 Å². The van der Waals surface area contributed by atoms with Crippen molar-refractivity contribution in [1.82, 2.24) is 4.98 Å². The third-order valence-electron chi connectivity index (χ3n) is 1.18. The summed E-state index contributed by atoms with van der Waals surface area (Å²) in [6.07, 6.45) is 0. The van der Waals surface area contributed by atoms with Crippen LogP contribution < -0.4 is 5.73 Å². The van der Waals surface area contributed by atoms with Crippen molar-refractivity contribution < 1.29 is 8.78 Å². The van der Waals surface area contributed by atoms with Crippen LogP contribution in [0.3, 0.4) is 0 Å². The van der Waals surface area contributed by atoms with Crippen molar-refractivity contribution in [3.63, 3.8) is 0 Å². The molecule has 1 aromatic heterocycles. The summed E-state index contributed by atoms with van der Waals surface area (Å²) in [5.41, 5.74) is 4.91. The first-order valence-corrected chi connectivity index (χ1v) is 4.36. The number of anilines is 1. The van der Waals surface area contributed by atoms with Crippen LogP contribution >= 0.6 is 34.2 Å². The Morgan fingerprint density at radius 3 is 2.50 bits per heavy atom. The van der Waals surface area contributed by atoms with Gasteiger partial charge in [-0.25, -0.2) is 4.98 Å². The van der Waals surface area contributed by atoms with E-state index < -0.39 is 3.93 Å². The number of hydrogen-bond donors (Lipinski definition) is 1. The molecular weight excluding hydrogens is 300 g/mol. The van der Waals surface area contributed by atoms with Crippen LogP contribution in [0.25, 0.3) is 0 Å². The number of pyridine rings is 1. The number of aromatic nitrogens is 1. The Morgan fingerprint density at radius 2 is 2.08 bits per heavy atom. The van der Waals surface area contributed by atoms with Gasteiger partial charge in [-0.15, -0.1) is 0 Å². The molecule has 0 aliphatic heterocycles. The van der Waals surface area contributed by atoms with Crippen LogP contribution in [0, 0.1) is 0 Å². The molecule has 6 heteroatoms. The average molecular weight is 304 g/mol. The Morgan fingerprint density at radius 1 is 1.50 bits per heavy atom. The number of alkyl halides is 3. The van der Waals surface area contributed by atoms with Crippen LogP contribution in [0.15, 0.2) is 12.1 Å². The number of nitrogen functional groups attached to an aromatic ring is 1. The van der Waals surface area contributed by atoms with Gasteiger partial charge in [-0.3, -0.25) is 0 Å². The van der Waals surface area contributed by atoms with Crippen LogP contribution in [0.2, 0.25) is 5.15 Å². The second-order valence-electron chi connectivity index (χ2n) is 2.07. The summed E-state index contributed by atoms with van der Waals surface area (Å²) < 4.78 is 22.3. The van der Waals surface area contributed by atoms with Crippen molar-refractivity contribution in [3.05, 3.63) is 22.8 Å². The number of hydrogen-bond acceptors (Lipinski definition) is 2. The van der Waals surface area contributed by atoms with Crippen LogP contribution in [0.1, 0.15) is 5.56 Å². The third kappa shape index (κ3) is 2.16. The van der Waals surface area contributed by atoms with Gasteiger partial charge in [0.15, 0.2) is 0 Å². The van der Waals surface area contributed by atoms with Crippen LogP contribution in [0.5, 0.6) is 0 Å². The van der Waals surface area contributed by atoms with E-state index in [0.29, 0.717) is 0 Å². The van der Waals surface area contributed by atoms with E-state index in [0.717, 1.165) is 28.7 Å². The van der Waals surface area contributed by atoms with Gasteiger partial charge in [0.05, 0.1) is 5.56 Å². The lowest BCUT2D eigenvalue weighted by atomic mass is 10.3. The van der Waals surface area contributed by atoms with Crippen molar-refractivity contribution in [2.45, 2.75) is 3.93 Å². The highest BCUT2D eigenvalue weighted by Crippen LogP contribution is 2.38. The van der Waals surface area contributed by atoms with E-state index in [9.17, 15) is 8.78 Å². The first-order valence-electron chi connectivity index (χ1n) is 2.90. The van der Waals surface area contributed by atoms with E-state index in [2.05, 4.69) is 4.98 Å². The summed E-state index contributed by atoms with van der Waals surface area (Å²) in [4.78, 5) is 3.50. The largest absolute Gasteiger partial charge is 0.384 e. The molecule has 2 N–H and O–H groups in total. The molecule has 0 saturated carbocycles. The fourth-order valence-electron chi connectivity index (χ4n) is 0.660. The van der Waals surface area contributed by atoms with Crippen molar-refractivity contribution >= 4 is 40.0 Å². The number of rotatable bonds is 1. The molecule has 0 aliphatic rings. The standard InChI is InChI=1S/C6H4ClF2IN2/c7-5-3(6(8,9)10)1-2-4(11)12-5/h1-2H,(H2,11,12). The first-order chi connectivity index (χ1) is 5.41. The molecular formula is C6H4ClF2IN2. The smallest absolute Gasteiger partial charge is 0.324 e. The van der Waals surface area contributed by atoms with E-state index >= 15 is 0 Å². The summed E-state index contributed by atoms with van der Waals surface area (Å²) in [7, 11) is 0. The zero-order valence-electron chi connectivity index (χ0n) is 5.69. The normalized spacial score (nSPS) is 11.7. The molecule has 0 spiro atoms. The van der Waals surface area contributed by atoms with Gasteiger partial charge in [0, 0.05) is 22.6 Å². The molecule has 2 nitrogen and oxygen atoms in total. The predicted octanol–water partition coefficient (Wildman–Crippen LogP) is 2.80. The van der Waals surface area contributed by atoms with Gasteiger partial charge in [-0.1, -0.05) is 11.6 Å². The maximum atomic E-state index is 12.7. The topological polar surface area (TPSA) is 38.9 Å². The van der Waals surface area contributed by atoms with Crippen LogP contribution in [-0.4, -0.2) is 4.98 Å². The number of nitrogens with two attached hydrogens (primary N) is 1. The summed E-state index contributed by atoms with van der Waals surface area (Å²) in [6.45, 7) is 0. The van der Waals surface area contributed by atoms with E-state index in [1.165, 1.54) is 6.07 Å². The third-order valence-corrected chi connectivity index (χ3v) is 2.04. The first kappa shape index (κ1) is 9.91. The minimum Gasteiger partial charge on any atom is -0.384 e. The maximum absolute atomic E-state index is 12.7. The van der Waals surface area contributed by atoms with Gasteiger partial charge < -0.3 is 5.73 Å². The minimum absolute atomic E-state index is 0.129. The van der Waals surface area contributed by atoms with Gasteiger partial charge in [-0.05, 0) is 12.1 Å². The Labute approximate surface area is 86.3 Å². The second kappa shape index (κ2) is 3.29. The monoisotopic (exact) mass is 304 g/mol. The Bertz CT molecular complexity index is 300. The molecule has 0 saturated heterocycles. The summed E-state index contributed by atoms with van der Waals surface area (Å²) in [6, 6.07) is 2.45. The highest BCUT2D eigenvalue weighted by Gasteiger charge is 2.30. The lowest BCUT2D eigenvalue weighted by Gasteiger charge is -2.09. The zero-order chi connectivity index (χ0) is 9.35. The fraction of sp³-hybridized carbons (Fsp3) is 0.167. The van der Waals surface area contributed by atoms with E-state index in [4.69, 9.17) is 17.3 Å². The number of halogens is 4. The van der Waals surface area contributed by atoms with E-state index in [-0.39, 0.29) is 16.5 Å². The highest BCUT2D eigenvalue weighted by atomic mass is 127. The molecule has 0 radical (unpaired) electrons. The van der Waals surface area contributed by atoms with Gasteiger partial charge in [0.1, 0.15) is 11.0 Å². The van der Waals surface area contributed by atoms with Crippen LogP contribution in [-0.2, 0) is 3.93 Å². The SMILES string of the molecule is Nc1ccc(C(F)(F)I)c(Cl)n1. The Hall–Kier alpha value is -0.170. The quantitative estimate of drug-likeness (QED) is 0.492. The summed E-state index contributed by atoms with van der Waals surface area (Å²) in [5.74, 6) is 0.129. The molecule has 0 aliphatic carbocycles. The molecule has 0 fully saturated rings. The fourth-order valence-corrected chi connectivity index (χ4v) is 1.53. The highest BCUT2D eigenvalue weighted by molar-refractivity contribution is 14.1. The molecule has 0 bridgehead atoms. The zero-order valence-corrected chi connectivity index (χ0v) is 8.60. The molecule has 0 amide bonds. The van der Waals surface area contributed by atoms with Gasteiger partial charge in [-0.2, -0.15) is 8.78 Å². The molecule has 1 heterocycles. The predicted molar refractivity (Wildman–Crippen MR) is 51.6 cm³/mol. The minimum atomic E-state index is -3.00. The lowest BCUT2D eigenvalue weighted by molar-refractivity contribution is 0.127. The van der Waals surface area contributed by atoms with Crippen LogP contribution in [0.4, 0.5) is 14.6 Å². The molecule has 0 atom stereocenters. The molecule has 66 valence electrons. The van der Waals surface area contributed by atoms with Crippen molar-refractivity contribution in [3.8, 4) is 0 Å². The molecule has 1 rings (SSSR count). The van der Waals surface area contributed by atoms with Crippen molar-refractivity contribution in [1.29, 1.82) is 0 Å². The molecule has 0 aromatic carbocycles. The summed E-state index contributed by atoms with van der Waals surface area (Å²) in [5, 5.41) is -0.255. The Kier molecular flexibility index (Phi) is 2.72. The summed E-state index contributed by atoms with van der Waals surface area (Å²) >= 11 is 6.42.